The number of alkyl halides is 1. The van der Waals surface area contributed by atoms with E-state index in [9.17, 15) is 0 Å². The van der Waals surface area contributed by atoms with Gasteiger partial charge in [-0.3, -0.25) is 0 Å². The van der Waals surface area contributed by atoms with Gasteiger partial charge >= 0.3 is 8.80 Å². The van der Waals surface area contributed by atoms with Gasteiger partial charge in [-0.25, -0.2) is 0 Å². The molecule has 0 aliphatic carbocycles. The molecule has 0 atom stereocenters. The zero-order valence-electron chi connectivity index (χ0n) is 8.92. The minimum Gasteiger partial charge on any atom is -0.377 e. The Morgan fingerprint density at radius 1 is 1.21 bits per heavy atom. The summed E-state index contributed by atoms with van der Waals surface area (Å²) in [6.45, 7) is 1.21. The van der Waals surface area contributed by atoms with E-state index in [1.165, 1.54) is 0 Å². The highest BCUT2D eigenvalue weighted by Gasteiger charge is 2.37. The molecular weight excluding hydrogens is 222 g/mol. The Morgan fingerprint density at radius 3 is 2.29 bits per heavy atom. The average molecular weight is 242 g/mol. The quantitative estimate of drug-likeness (QED) is 0.375. The van der Waals surface area contributed by atoms with Crippen molar-refractivity contribution in [3.63, 3.8) is 0 Å². The van der Waals surface area contributed by atoms with Crippen LogP contribution in [0.2, 0.25) is 6.04 Å². The molecule has 0 aromatic rings. The van der Waals surface area contributed by atoms with Crippen LogP contribution in [0.25, 0.3) is 0 Å². The highest BCUT2D eigenvalue weighted by Crippen LogP contribution is 2.16. The lowest BCUT2D eigenvalue weighted by Gasteiger charge is -2.26. The zero-order valence-corrected chi connectivity index (χ0v) is 10.7. The molecule has 0 fully saturated rings. The fraction of sp³-hybridized carbons (Fsp3) is 1.00. The second-order valence-corrected chi connectivity index (χ2v) is 6.22. The third-order valence-electron chi connectivity index (χ3n) is 1.91. The molecule has 6 heteroatoms. The molecule has 0 heterocycles. The van der Waals surface area contributed by atoms with Gasteiger partial charge in [0.2, 0.25) is 0 Å². The van der Waals surface area contributed by atoms with E-state index in [1.807, 2.05) is 0 Å². The molecule has 0 amide bonds. The van der Waals surface area contributed by atoms with Crippen molar-refractivity contribution in [1.29, 1.82) is 0 Å². The maximum Gasteiger partial charge on any atom is 0.500 e. The molecule has 0 unspecified atom stereocenters. The second kappa shape index (κ2) is 8.64. The van der Waals surface area contributed by atoms with Crippen molar-refractivity contribution in [2.45, 2.75) is 18.9 Å². The van der Waals surface area contributed by atoms with E-state index in [2.05, 4.69) is 0 Å². The van der Waals surface area contributed by atoms with Crippen LogP contribution in [0.5, 0.6) is 0 Å². The predicted molar refractivity (Wildman–Crippen MR) is 59.5 cm³/mol. The Kier molecular flexibility index (Phi) is 8.85. The summed E-state index contributed by atoms with van der Waals surface area (Å²) in [5.41, 5.74) is 5.37. The Bertz CT molecular complexity index is 136. The van der Waals surface area contributed by atoms with E-state index in [4.69, 9.17) is 30.6 Å². The van der Waals surface area contributed by atoms with Gasteiger partial charge in [0.1, 0.15) is 0 Å². The van der Waals surface area contributed by atoms with Gasteiger partial charge in [0, 0.05) is 32.8 Å². The van der Waals surface area contributed by atoms with E-state index in [0.29, 0.717) is 19.0 Å². The van der Waals surface area contributed by atoms with E-state index < -0.39 is 8.80 Å². The lowest BCUT2D eigenvalue weighted by atomic mass is 10.5. The SMILES string of the molecule is CO[Si](CCCCl)(OC)OCCCN. The molecular formula is C8H20ClNO3Si. The van der Waals surface area contributed by atoms with Crippen molar-refractivity contribution in [1.82, 2.24) is 0 Å². The maximum absolute atomic E-state index is 5.63. The largest absolute Gasteiger partial charge is 0.500 e. The number of halogens is 1. The molecule has 86 valence electrons. The van der Waals surface area contributed by atoms with Gasteiger partial charge in [0.15, 0.2) is 0 Å². The van der Waals surface area contributed by atoms with Crippen molar-refractivity contribution < 1.29 is 13.3 Å². The van der Waals surface area contributed by atoms with Crippen molar-refractivity contribution in [3.8, 4) is 0 Å². The van der Waals surface area contributed by atoms with Gasteiger partial charge in [0.25, 0.3) is 0 Å². The van der Waals surface area contributed by atoms with Crippen molar-refractivity contribution >= 4 is 20.4 Å². The Morgan fingerprint density at radius 2 is 1.86 bits per heavy atom. The fourth-order valence-electron chi connectivity index (χ4n) is 1.07. The van der Waals surface area contributed by atoms with Crippen LogP contribution >= 0.6 is 11.6 Å². The number of hydrogen-bond donors (Lipinski definition) is 1. The van der Waals surface area contributed by atoms with Crippen LogP contribution in [0.3, 0.4) is 0 Å². The molecule has 0 radical (unpaired) electrons. The number of nitrogens with two attached hydrogens (primary N) is 1. The maximum atomic E-state index is 5.63. The molecule has 0 bridgehead atoms. The van der Waals surface area contributed by atoms with Crippen LogP contribution in [0.1, 0.15) is 12.8 Å². The first-order valence-electron chi connectivity index (χ1n) is 4.75. The second-order valence-electron chi connectivity index (χ2n) is 2.87. The minimum atomic E-state index is -2.44. The molecule has 2 N–H and O–H groups in total. The lowest BCUT2D eigenvalue weighted by molar-refractivity contribution is 0.0976. The van der Waals surface area contributed by atoms with E-state index in [0.717, 1.165) is 18.9 Å². The molecule has 0 aromatic heterocycles. The predicted octanol–water partition coefficient (Wildman–Crippen LogP) is 1.21. The average Bonchev–Trinajstić information content (AvgIpc) is 2.24. The van der Waals surface area contributed by atoms with Gasteiger partial charge in [-0.05, 0) is 19.4 Å². The van der Waals surface area contributed by atoms with Crippen molar-refractivity contribution in [3.05, 3.63) is 0 Å². The van der Waals surface area contributed by atoms with E-state index in [-0.39, 0.29) is 0 Å². The van der Waals surface area contributed by atoms with Crippen LogP contribution in [0.15, 0.2) is 0 Å². The van der Waals surface area contributed by atoms with Gasteiger partial charge in [-0.2, -0.15) is 0 Å². The first-order chi connectivity index (χ1) is 6.74. The molecule has 14 heavy (non-hydrogen) atoms. The monoisotopic (exact) mass is 241 g/mol. The minimum absolute atomic E-state index is 0.590. The summed E-state index contributed by atoms with van der Waals surface area (Å²) in [5.74, 6) is 0.599. The first-order valence-corrected chi connectivity index (χ1v) is 7.21. The summed E-state index contributed by atoms with van der Waals surface area (Å²) in [5, 5.41) is 0. The van der Waals surface area contributed by atoms with Gasteiger partial charge in [-0.15, -0.1) is 11.6 Å². The highest BCUT2D eigenvalue weighted by molar-refractivity contribution is 6.60. The summed E-state index contributed by atoms with van der Waals surface area (Å²) in [4.78, 5) is 0. The smallest absolute Gasteiger partial charge is 0.377 e. The molecule has 0 spiro atoms. The first kappa shape index (κ1) is 14.3. The highest BCUT2D eigenvalue weighted by atomic mass is 35.5. The Balaban J connectivity index is 3.94. The molecule has 0 rings (SSSR count). The van der Waals surface area contributed by atoms with Crippen LogP contribution < -0.4 is 5.73 Å². The molecule has 0 saturated heterocycles. The Hall–Kier alpha value is 0.347. The third-order valence-corrected chi connectivity index (χ3v) is 5.03. The summed E-state index contributed by atoms with van der Waals surface area (Å²) in [7, 11) is 0.793. The standard InChI is InChI=1S/C8H20ClNO3Si/c1-11-14(12-2,8-3-5-9)13-7-4-6-10/h3-8,10H2,1-2H3. The fourth-order valence-corrected chi connectivity index (χ4v) is 3.45. The molecule has 0 aromatic carbocycles. The van der Waals surface area contributed by atoms with Gasteiger partial charge in [-0.1, -0.05) is 0 Å². The van der Waals surface area contributed by atoms with Crippen molar-refractivity contribution in [2.75, 3.05) is 33.3 Å². The lowest BCUT2D eigenvalue weighted by Crippen LogP contribution is -2.44. The van der Waals surface area contributed by atoms with Gasteiger partial charge < -0.3 is 19.0 Å². The van der Waals surface area contributed by atoms with E-state index in [1.54, 1.807) is 14.2 Å². The third kappa shape index (κ3) is 5.28. The molecule has 0 saturated carbocycles. The molecule has 0 aliphatic rings. The van der Waals surface area contributed by atoms with Crippen LogP contribution in [-0.2, 0) is 13.3 Å². The topological polar surface area (TPSA) is 53.7 Å². The summed E-state index contributed by atoms with van der Waals surface area (Å²) in [6, 6.07) is 0.758. The molecule has 0 aliphatic heterocycles. The van der Waals surface area contributed by atoms with E-state index >= 15 is 0 Å². The van der Waals surface area contributed by atoms with Crippen LogP contribution in [-0.4, -0.2) is 42.1 Å². The Labute approximate surface area is 92.0 Å². The van der Waals surface area contributed by atoms with Gasteiger partial charge in [0.05, 0.1) is 0 Å². The van der Waals surface area contributed by atoms with Crippen LogP contribution in [0.4, 0.5) is 0 Å². The summed E-state index contributed by atoms with van der Waals surface area (Å²) >= 11 is 5.62. The van der Waals surface area contributed by atoms with Crippen molar-refractivity contribution in [2.24, 2.45) is 5.73 Å². The summed E-state index contributed by atoms with van der Waals surface area (Å²) < 4.78 is 16.3. The molecule has 4 nitrogen and oxygen atoms in total. The zero-order chi connectivity index (χ0) is 10.9. The normalized spacial score (nSPS) is 12.0. The number of hydrogen-bond acceptors (Lipinski definition) is 4. The number of rotatable bonds is 9. The summed E-state index contributed by atoms with van der Waals surface area (Å²) in [6.07, 6.45) is 1.67. The van der Waals surface area contributed by atoms with Crippen LogP contribution in [0, 0.1) is 0 Å².